The summed E-state index contributed by atoms with van der Waals surface area (Å²) >= 11 is 1.66. The zero-order valence-corrected chi connectivity index (χ0v) is 11.1. The molecular weight excluding hydrogens is 260 g/mol. The highest BCUT2D eigenvalue weighted by Crippen LogP contribution is 2.34. The van der Waals surface area contributed by atoms with Crippen LogP contribution in [0.15, 0.2) is 35.3 Å². The number of anilines is 1. The molecule has 1 aliphatic rings. The summed E-state index contributed by atoms with van der Waals surface area (Å²) in [5.74, 6) is -0.895. The highest BCUT2D eigenvalue weighted by atomic mass is 32.1. The molecule has 4 nitrogen and oxygen atoms in total. The number of thiophene rings is 1. The molecule has 0 aliphatic heterocycles. The van der Waals surface area contributed by atoms with Crippen molar-refractivity contribution in [3.8, 4) is 0 Å². The Hall–Kier alpha value is -1.88. The number of hydrogen-bond acceptors (Lipinski definition) is 4. The average molecular weight is 274 g/mol. The Labute approximate surface area is 115 Å². The summed E-state index contributed by atoms with van der Waals surface area (Å²) in [5.41, 5.74) is 2.28. The van der Waals surface area contributed by atoms with Crippen molar-refractivity contribution in [2.75, 3.05) is 4.90 Å². The normalized spacial score (nSPS) is 14.3. The van der Waals surface area contributed by atoms with Crippen molar-refractivity contribution in [3.63, 3.8) is 0 Å². The Kier molecular flexibility index (Phi) is 3.21. The number of carboxylic acids is 1. The van der Waals surface area contributed by atoms with E-state index in [1.54, 1.807) is 23.6 Å². The molecule has 98 valence electrons. The monoisotopic (exact) mass is 274 g/mol. The maximum Gasteiger partial charge on any atom is 0.337 e. The Morgan fingerprint density at radius 2 is 2.32 bits per heavy atom. The van der Waals surface area contributed by atoms with Crippen LogP contribution in [0.4, 0.5) is 5.69 Å². The number of rotatable bonds is 5. The molecule has 0 spiro atoms. The molecule has 0 aromatic carbocycles. The number of carboxylic acid groups (broad SMARTS) is 1. The van der Waals surface area contributed by atoms with E-state index in [9.17, 15) is 9.90 Å². The minimum absolute atomic E-state index is 0.331. The number of pyridine rings is 1. The second kappa shape index (κ2) is 5.01. The van der Waals surface area contributed by atoms with Gasteiger partial charge in [-0.25, -0.2) is 4.79 Å². The summed E-state index contributed by atoms with van der Waals surface area (Å²) in [6.45, 7) is 0.750. The first-order chi connectivity index (χ1) is 9.25. The van der Waals surface area contributed by atoms with Gasteiger partial charge >= 0.3 is 5.97 Å². The number of hydrogen-bond donors (Lipinski definition) is 1. The first-order valence-electron chi connectivity index (χ1n) is 6.20. The van der Waals surface area contributed by atoms with E-state index < -0.39 is 5.97 Å². The fourth-order valence-corrected chi connectivity index (χ4v) is 2.83. The Bertz CT molecular complexity index is 579. The van der Waals surface area contributed by atoms with Crippen LogP contribution in [0, 0.1) is 0 Å². The highest BCUT2D eigenvalue weighted by Gasteiger charge is 2.31. The SMILES string of the molecule is O=C(O)c1ccncc1N(Cc1ccsc1)C1CC1. The number of aromatic nitrogens is 1. The van der Waals surface area contributed by atoms with Crippen molar-refractivity contribution < 1.29 is 9.90 Å². The lowest BCUT2D eigenvalue weighted by Crippen LogP contribution is -2.26. The summed E-state index contributed by atoms with van der Waals surface area (Å²) in [6.07, 6.45) is 5.44. The van der Waals surface area contributed by atoms with Crippen molar-refractivity contribution in [2.45, 2.75) is 25.4 Å². The van der Waals surface area contributed by atoms with Crippen LogP contribution in [0.2, 0.25) is 0 Å². The summed E-state index contributed by atoms with van der Waals surface area (Å²) in [5, 5.41) is 13.4. The Balaban J connectivity index is 1.94. The fraction of sp³-hybridized carbons (Fsp3) is 0.286. The zero-order chi connectivity index (χ0) is 13.2. The van der Waals surface area contributed by atoms with Gasteiger partial charge in [-0.3, -0.25) is 4.98 Å². The van der Waals surface area contributed by atoms with Gasteiger partial charge in [0.1, 0.15) is 0 Å². The predicted octanol–water partition coefficient (Wildman–Crippen LogP) is 3.01. The second-order valence-electron chi connectivity index (χ2n) is 4.69. The van der Waals surface area contributed by atoms with E-state index in [1.807, 2.05) is 5.38 Å². The topological polar surface area (TPSA) is 53.4 Å². The van der Waals surface area contributed by atoms with Gasteiger partial charge in [0.15, 0.2) is 0 Å². The third kappa shape index (κ3) is 2.61. The number of carbonyl (C=O) groups is 1. The fourth-order valence-electron chi connectivity index (χ4n) is 2.17. The molecule has 5 heteroatoms. The van der Waals surface area contributed by atoms with Crippen molar-refractivity contribution in [1.82, 2.24) is 4.98 Å². The molecule has 0 bridgehead atoms. The minimum atomic E-state index is -0.895. The smallest absolute Gasteiger partial charge is 0.337 e. The summed E-state index contributed by atoms with van der Waals surface area (Å²) in [4.78, 5) is 17.6. The van der Waals surface area contributed by atoms with Gasteiger partial charge in [-0.2, -0.15) is 11.3 Å². The van der Waals surface area contributed by atoms with Crippen LogP contribution in [0.1, 0.15) is 28.8 Å². The predicted molar refractivity (Wildman–Crippen MR) is 74.7 cm³/mol. The quantitative estimate of drug-likeness (QED) is 0.910. The van der Waals surface area contributed by atoms with Crippen LogP contribution in [0.25, 0.3) is 0 Å². The van der Waals surface area contributed by atoms with Gasteiger partial charge < -0.3 is 10.0 Å². The van der Waals surface area contributed by atoms with Crippen LogP contribution in [-0.2, 0) is 6.54 Å². The van der Waals surface area contributed by atoms with Crippen LogP contribution in [0.5, 0.6) is 0 Å². The van der Waals surface area contributed by atoms with Crippen molar-refractivity contribution in [2.24, 2.45) is 0 Å². The Morgan fingerprint density at radius 1 is 1.47 bits per heavy atom. The van der Waals surface area contributed by atoms with E-state index in [0.29, 0.717) is 11.6 Å². The molecule has 1 saturated carbocycles. The van der Waals surface area contributed by atoms with E-state index in [-0.39, 0.29) is 0 Å². The molecule has 2 aromatic heterocycles. The van der Waals surface area contributed by atoms with Crippen LogP contribution in [-0.4, -0.2) is 22.1 Å². The van der Waals surface area contributed by atoms with Crippen LogP contribution < -0.4 is 4.90 Å². The lowest BCUT2D eigenvalue weighted by atomic mass is 10.2. The molecule has 0 saturated heterocycles. The number of nitrogens with zero attached hydrogens (tertiary/aromatic N) is 2. The third-order valence-corrected chi connectivity index (χ3v) is 3.99. The van der Waals surface area contributed by atoms with Gasteiger partial charge in [0, 0.05) is 18.8 Å². The van der Waals surface area contributed by atoms with Gasteiger partial charge in [0.05, 0.1) is 17.4 Å². The zero-order valence-electron chi connectivity index (χ0n) is 10.3. The van der Waals surface area contributed by atoms with E-state index in [4.69, 9.17) is 0 Å². The molecule has 1 fully saturated rings. The van der Waals surface area contributed by atoms with Gasteiger partial charge in [0.25, 0.3) is 0 Å². The molecule has 2 heterocycles. The largest absolute Gasteiger partial charge is 0.478 e. The van der Waals surface area contributed by atoms with Crippen molar-refractivity contribution in [1.29, 1.82) is 0 Å². The van der Waals surface area contributed by atoms with Gasteiger partial charge in [-0.1, -0.05) is 0 Å². The minimum Gasteiger partial charge on any atom is -0.478 e. The van der Waals surface area contributed by atoms with Crippen molar-refractivity contribution in [3.05, 3.63) is 46.4 Å². The van der Waals surface area contributed by atoms with Crippen molar-refractivity contribution >= 4 is 23.0 Å². The highest BCUT2D eigenvalue weighted by molar-refractivity contribution is 7.07. The first-order valence-corrected chi connectivity index (χ1v) is 7.15. The lowest BCUT2D eigenvalue weighted by molar-refractivity contribution is 0.0697. The Morgan fingerprint density at radius 3 is 2.95 bits per heavy atom. The van der Waals surface area contributed by atoms with E-state index >= 15 is 0 Å². The summed E-state index contributed by atoms with van der Waals surface area (Å²) in [6, 6.07) is 4.10. The third-order valence-electron chi connectivity index (χ3n) is 3.26. The molecule has 1 N–H and O–H groups in total. The number of aromatic carboxylic acids is 1. The standard InChI is InChI=1S/C14H14N2O2S/c17-14(18)12-3-5-15-7-13(12)16(11-1-2-11)8-10-4-6-19-9-10/h3-7,9,11H,1-2,8H2,(H,17,18). The second-order valence-corrected chi connectivity index (χ2v) is 5.47. The average Bonchev–Trinajstić information content (AvgIpc) is 3.13. The van der Waals surface area contributed by atoms with Crippen LogP contribution >= 0.6 is 11.3 Å². The van der Waals surface area contributed by atoms with Crippen LogP contribution in [0.3, 0.4) is 0 Å². The molecule has 3 rings (SSSR count). The first kappa shape index (κ1) is 12.2. The summed E-state index contributed by atoms with van der Waals surface area (Å²) < 4.78 is 0. The molecule has 0 atom stereocenters. The molecule has 0 radical (unpaired) electrons. The maximum absolute atomic E-state index is 11.3. The van der Waals surface area contributed by atoms with Gasteiger partial charge in [-0.05, 0) is 41.3 Å². The molecule has 0 amide bonds. The molecule has 0 unspecified atom stereocenters. The lowest BCUT2D eigenvalue weighted by Gasteiger charge is -2.25. The molecule has 2 aromatic rings. The molecule has 19 heavy (non-hydrogen) atoms. The van der Waals surface area contributed by atoms with E-state index in [0.717, 1.165) is 25.1 Å². The molecular formula is C14H14N2O2S. The summed E-state index contributed by atoms with van der Waals surface area (Å²) in [7, 11) is 0. The molecule has 1 aliphatic carbocycles. The maximum atomic E-state index is 11.3. The van der Waals surface area contributed by atoms with E-state index in [1.165, 1.54) is 11.8 Å². The van der Waals surface area contributed by atoms with Gasteiger partial charge in [-0.15, -0.1) is 0 Å². The van der Waals surface area contributed by atoms with E-state index in [2.05, 4.69) is 21.3 Å². The van der Waals surface area contributed by atoms with Gasteiger partial charge in [0.2, 0.25) is 0 Å².